The van der Waals surface area contributed by atoms with Gasteiger partial charge in [0.2, 0.25) is 0 Å². The third kappa shape index (κ3) is 3.25. The lowest BCUT2D eigenvalue weighted by Crippen LogP contribution is -2.29. The number of aromatic nitrogens is 1. The van der Waals surface area contributed by atoms with Crippen LogP contribution in [0.4, 0.5) is 5.82 Å². The van der Waals surface area contributed by atoms with Crippen LogP contribution in [0.1, 0.15) is 12.8 Å². The Balaban J connectivity index is 0.00000112. The van der Waals surface area contributed by atoms with E-state index in [-0.39, 0.29) is 18.2 Å². The molecular formula is C10H16ClN3O. The van der Waals surface area contributed by atoms with Crippen molar-refractivity contribution in [2.45, 2.75) is 18.9 Å². The van der Waals surface area contributed by atoms with Gasteiger partial charge in [-0.1, -0.05) is 0 Å². The molecule has 0 saturated carbocycles. The summed E-state index contributed by atoms with van der Waals surface area (Å²) in [5.74, 6) is 0.784. The second-order valence-electron chi connectivity index (χ2n) is 3.55. The van der Waals surface area contributed by atoms with Crippen molar-refractivity contribution in [2.75, 3.05) is 18.4 Å². The molecule has 2 rings (SSSR count). The van der Waals surface area contributed by atoms with Crippen LogP contribution in [0.25, 0.3) is 0 Å². The summed E-state index contributed by atoms with van der Waals surface area (Å²) in [5.41, 5.74) is 0. The largest absolute Gasteiger partial charge is 0.504 e. The Morgan fingerprint density at radius 2 is 2.47 bits per heavy atom. The summed E-state index contributed by atoms with van der Waals surface area (Å²) < 4.78 is 0. The van der Waals surface area contributed by atoms with Crippen LogP contribution < -0.4 is 10.6 Å². The molecule has 0 amide bonds. The van der Waals surface area contributed by atoms with E-state index < -0.39 is 0 Å². The minimum Gasteiger partial charge on any atom is -0.504 e. The van der Waals surface area contributed by atoms with E-state index in [1.54, 1.807) is 18.3 Å². The number of pyridine rings is 1. The molecule has 1 aromatic heterocycles. The van der Waals surface area contributed by atoms with Crippen molar-refractivity contribution in [3.05, 3.63) is 18.3 Å². The summed E-state index contributed by atoms with van der Waals surface area (Å²) in [6, 6.07) is 3.86. The highest BCUT2D eigenvalue weighted by atomic mass is 35.5. The zero-order valence-electron chi connectivity index (χ0n) is 8.44. The van der Waals surface area contributed by atoms with E-state index in [2.05, 4.69) is 15.6 Å². The van der Waals surface area contributed by atoms with Crippen LogP contribution >= 0.6 is 12.4 Å². The van der Waals surface area contributed by atoms with Gasteiger partial charge in [0.05, 0.1) is 0 Å². The monoisotopic (exact) mass is 229 g/mol. The zero-order chi connectivity index (χ0) is 9.80. The smallest absolute Gasteiger partial charge is 0.168 e. The lowest BCUT2D eigenvalue weighted by atomic mass is 10.2. The first-order valence-corrected chi connectivity index (χ1v) is 4.97. The summed E-state index contributed by atoms with van der Waals surface area (Å²) in [5, 5.41) is 15.9. The SMILES string of the molecule is Cl.Oc1cccnc1NCC1CCCN1. The first kappa shape index (κ1) is 12.1. The van der Waals surface area contributed by atoms with Gasteiger partial charge < -0.3 is 15.7 Å². The van der Waals surface area contributed by atoms with Crippen LogP contribution in [0.15, 0.2) is 18.3 Å². The molecule has 0 radical (unpaired) electrons. The maximum absolute atomic E-state index is 9.44. The standard InChI is InChI=1S/C10H15N3O.ClH/c14-9-4-2-6-12-10(9)13-7-8-3-1-5-11-8;/h2,4,6,8,11,14H,1,3,5,7H2,(H,12,13);1H. The van der Waals surface area contributed by atoms with E-state index in [0.29, 0.717) is 11.9 Å². The maximum atomic E-state index is 9.44. The molecule has 1 unspecified atom stereocenters. The normalized spacial score (nSPS) is 19.6. The van der Waals surface area contributed by atoms with E-state index >= 15 is 0 Å². The molecule has 1 fully saturated rings. The van der Waals surface area contributed by atoms with Crippen LogP contribution in [-0.2, 0) is 0 Å². The molecule has 4 nitrogen and oxygen atoms in total. The van der Waals surface area contributed by atoms with Crippen molar-refractivity contribution in [3.63, 3.8) is 0 Å². The molecule has 3 N–H and O–H groups in total. The van der Waals surface area contributed by atoms with Gasteiger partial charge >= 0.3 is 0 Å². The van der Waals surface area contributed by atoms with Gasteiger partial charge in [-0.15, -0.1) is 12.4 Å². The number of nitrogens with zero attached hydrogens (tertiary/aromatic N) is 1. The van der Waals surface area contributed by atoms with E-state index in [4.69, 9.17) is 0 Å². The molecule has 1 aliphatic rings. The Morgan fingerprint density at radius 1 is 1.60 bits per heavy atom. The van der Waals surface area contributed by atoms with Crippen molar-refractivity contribution in [3.8, 4) is 5.75 Å². The van der Waals surface area contributed by atoms with Crippen molar-refractivity contribution >= 4 is 18.2 Å². The molecule has 1 saturated heterocycles. The predicted octanol–water partition coefficient (Wildman–Crippen LogP) is 1.37. The molecular weight excluding hydrogens is 214 g/mol. The average Bonchev–Trinajstić information content (AvgIpc) is 2.69. The van der Waals surface area contributed by atoms with Crippen LogP contribution in [0.2, 0.25) is 0 Å². The fourth-order valence-electron chi connectivity index (χ4n) is 1.68. The predicted molar refractivity (Wildman–Crippen MR) is 62.7 cm³/mol. The lowest BCUT2D eigenvalue weighted by molar-refractivity contribution is 0.474. The summed E-state index contributed by atoms with van der Waals surface area (Å²) in [6.45, 7) is 1.92. The third-order valence-corrected chi connectivity index (χ3v) is 2.46. The molecule has 1 aliphatic heterocycles. The number of halogens is 1. The van der Waals surface area contributed by atoms with Gasteiger partial charge in [-0.3, -0.25) is 0 Å². The molecule has 0 aliphatic carbocycles. The number of anilines is 1. The van der Waals surface area contributed by atoms with Crippen LogP contribution in [0.5, 0.6) is 5.75 Å². The lowest BCUT2D eigenvalue weighted by Gasteiger charge is -2.12. The first-order chi connectivity index (χ1) is 6.86. The fraction of sp³-hybridized carbons (Fsp3) is 0.500. The molecule has 0 spiro atoms. The molecule has 2 heterocycles. The number of hydrogen-bond acceptors (Lipinski definition) is 4. The minimum atomic E-state index is 0. The highest BCUT2D eigenvalue weighted by Crippen LogP contribution is 2.18. The van der Waals surface area contributed by atoms with E-state index in [0.717, 1.165) is 13.1 Å². The highest BCUT2D eigenvalue weighted by molar-refractivity contribution is 5.85. The van der Waals surface area contributed by atoms with Gasteiger partial charge in [0.1, 0.15) is 0 Å². The first-order valence-electron chi connectivity index (χ1n) is 4.97. The molecule has 1 atom stereocenters. The number of nitrogens with one attached hydrogen (secondary N) is 2. The number of hydrogen-bond donors (Lipinski definition) is 3. The summed E-state index contributed by atoms with van der Waals surface area (Å²) in [6.07, 6.45) is 4.10. The van der Waals surface area contributed by atoms with Crippen molar-refractivity contribution < 1.29 is 5.11 Å². The van der Waals surface area contributed by atoms with Crippen LogP contribution in [0.3, 0.4) is 0 Å². The minimum absolute atomic E-state index is 0. The molecule has 15 heavy (non-hydrogen) atoms. The van der Waals surface area contributed by atoms with Gasteiger partial charge in [0.25, 0.3) is 0 Å². The third-order valence-electron chi connectivity index (χ3n) is 2.46. The van der Waals surface area contributed by atoms with Gasteiger partial charge in [-0.05, 0) is 31.5 Å². The van der Waals surface area contributed by atoms with Gasteiger partial charge in [-0.2, -0.15) is 0 Å². The van der Waals surface area contributed by atoms with Crippen LogP contribution in [-0.4, -0.2) is 29.2 Å². The quantitative estimate of drug-likeness (QED) is 0.733. The Labute approximate surface area is 95.5 Å². The van der Waals surface area contributed by atoms with E-state index in [9.17, 15) is 5.11 Å². The highest BCUT2D eigenvalue weighted by Gasteiger charge is 2.13. The molecule has 5 heteroatoms. The van der Waals surface area contributed by atoms with Crippen molar-refractivity contribution in [1.29, 1.82) is 0 Å². The number of rotatable bonds is 3. The Bertz CT molecular complexity index is 302. The van der Waals surface area contributed by atoms with Gasteiger partial charge in [-0.25, -0.2) is 4.98 Å². The average molecular weight is 230 g/mol. The van der Waals surface area contributed by atoms with E-state index in [1.807, 2.05) is 0 Å². The Hall–Kier alpha value is -1.00. The molecule has 0 bridgehead atoms. The van der Waals surface area contributed by atoms with E-state index in [1.165, 1.54) is 12.8 Å². The summed E-state index contributed by atoms with van der Waals surface area (Å²) >= 11 is 0. The Morgan fingerprint density at radius 3 is 3.13 bits per heavy atom. The molecule has 84 valence electrons. The van der Waals surface area contributed by atoms with Crippen molar-refractivity contribution in [2.24, 2.45) is 0 Å². The maximum Gasteiger partial charge on any atom is 0.168 e. The van der Waals surface area contributed by atoms with Gasteiger partial charge in [0.15, 0.2) is 11.6 Å². The fourth-order valence-corrected chi connectivity index (χ4v) is 1.68. The van der Waals surface area contributed by atoms with Gasteiger partial charge in [0, 0.05) is 18.8 Å². The molecule has 1 aromatic rings. The number of aromatic hydroxyl groups is 1. The summed E-state index contributed by atoms with van der Waals surface area (Å²) in [7, 11) is 0. The Kier molecular flexibility index (Phi) is 4.65. The second kappa shape index (κ2) is 5.78. The molecule has 0 aromatic carbocycles. The topological polar surface area (TPSA) is 57.2 Å². The second-order valence-corrected chi connectivity index (χ2v) is 3.55. The summed E-state index contributed by atoms with van der Waals surface area (Å²) in [4.78, 5) is 4.05. The zero-order valence-corrected chi connectivity index (χ0v) is 9.26. The van der Waals surface area contributed by atoms with Crippen LogP contribution in [0, 0.1) is 0 Å². The van der Waals surface area contributed by atoms with Crippen molar-refractivity contribution in [1.82, 2.24) is 10.3 Å².